The summed E-state index contributed by atoms with van der Waals surface area (Å²) in [5.74, 6) is 0.814. The molecule has 154 valence electrons. The van der Waals surface area contributed by atoms with Gasteiger partial charge in [0.15, 0.2) is 11.5 Å². The molecule has 0 atom stereocenters. The molecule has 5 aromatic rings. The number of nitrogens with one attached hydrogen (secondary N) is 1. The number of anilines is 2. The average molecular weight is 433 g/mol. The third kappa shape index (κ3) is 3.28. The Kier molecular flexibility index (Phi) is 4.59. The molecule has 0 unspecified atom stereocenters. The summed E-state index contributed by atoms with van der Waals surface area (Å²) < 4.78 is 3.41. The van der Waals surface area contributed by atoms with E-state index in [1.54, 1.807) is 28.8 Å². The predicted octanol–water partition coefficient (Wildman–Crippen LogP) is 3.62. The van der Waals surface area contributed by atoms with Crippen molar-refractivity contribution in [3.05, 3.63) is 69.9 Å². The summed E-state index contributed by atoms with van der Waals surface area (Å²) >= 11 is 6.42. The van der Waals surface area contributed by atoms with E-state index in [0.717, 1.165) is 23.2 Å². The molecule has 0 fully saturated rings. The van der Waals surface area contributed by atoms with E-state index in [9.17, 15) is 4.79 Å². The summed E-state index contributed by atoms with van der Waals surface area (Å²) in [5.41, 5.74) is 2.61. The van der Waals surface area contributed by atoms with Crippen LogP contribution in [0, 0.1) is 6.92 Å². The van der Waals surface area contributed by atoms with Crippen molar-refractivity contribution >= 4 is 39.8 Å². The maximum absolute atomic E-state index is 12.3. The van der Waals surface area contributed by atoms with Crippen LogP contribution >= 0.6 is 11.6 Å². The van der Waals surface area contributed by atoms with Gasteiger partial charge in [0, 0.05) is 24.3 Å². The van der Waals surface area contributed by atoms with E-state index in [1.165, 1.54) is 6.20 Å². The number of para-hydroxylation sites is 1. The quantitative estimate of drug-likeness (QED) is 0.462. The summed E-state index contributed by atoms with van der Waals surface area (Å²) in [6.45, 7) is 4.67. The first-order valence-corrected chi connectivity index (χ1v) is 10.0. The number of hydrogen-bond acceptors (Lipinski definition) is 7. The Balaban J connectivity index is 1.78. The summed E-state index contributed by atoms with van der Waals surface area (Å²) in [6, 6.07) is 10.5. The third-order valence-corrected chi connectivity index (χ3v) is 5.20. The fourth-order valence-electron chi connectivity index (χ4n) is 3.36. The van der Waals surface area contributed by atoms with E-state index in [0.29, 0.717) is 28.0 Å². The van der Waals surface area contributed by atoms with Crippen molar-refractivity contribution < 1.29 is 0 Å². The largest absolute Gasteiger partial charge is 0.319 e. The lowest BCUT2D eigenvalue weighted by Crippen LogP contribution is -2.11. The van der Waals surface area contributed by atoms with Crippen LogP contribution in [-0.4, -0.2) is 34.3 Å². The van der Waals surface area contributed by atoms with E-state index in [2.05, 4.69) is 25.5 Å². The van der Waals surface area contributed by atoms with Crippen molar-refractivity contribution in [2.75, 3.05) is 5.32 Å². The van der Waals surface area contributed by atoms with Crippen molar-refractivity contribution in [2.45, 2.75) is 20.4 Å². The van der Waals surface area contributed by atoms with Crippen LogP contribution in [0.3, 0.4) is 0 Å². The van der Waals surface area contributed by atoms with Gasteiger partial charge in [0.1, 0.15) is 5.69 Å². The van der Waals surface area contributed by atoms with Crippen LogP contribution in [0.25, 0.3) is 27.9 Å². The van der Waals surface area contributed by atoms with Crippen molar-refractivity contribution in [2.24, 2.45) is 0 Å². The number of rotatable bonds is 4. The number of halogens is 1. The maximum Gasteiger partial charge on any atom is 0.293 e. The van der Waals surface area contributed by atoms with E-state index < -0.39 is 5.56 Å². The second-order valence-corrected chi connectivity index (χ2v) is 7.31. The van der Waals surface area contributed by atoms with Gasteiger partial charge in [0.05, 0.1) is 21.8 Å². The van der Waals surface area contributed by atoms with Gasteiger partial charge in [-0.15, -0.1) is 5.10 Å². The van der Waals surface area contributed by atoms with Crippen LogP contribution in [-0.2, 0) is 6.54 Å². The molecule has 0 aliphatic rings. The zero-order chi connectivity index (χ0) is 21.5. The standard InChI is InChI=1S/C21H17ClN8O/c1-3-29-11-14(12(2)27-29)18-26-19-13-7-6-8-15(22)17(13)25-21(30(19)28-18)24-16-9-4-5-10-23-20(16)31/h4-11H,3H2,1-2H3,(H,23,24,25,31). The number of aromatic nitrogens is 7. The first-order valence-electron chi connectivity index (χ1n) is 9.67. The fourth-order valence-corrected chi connectivity index (χ4v) is 3.58. The van der Waals surface area contributed by atoms with Gasteiger partial charge >= 0.3 is 0 Å². The van der Waals surface area contributed by atoms with Crippen LogP contribution < -0.4 is 10.9 Å². The molecular formula is C21H17ClN8O. The second kappa shape index (κ2) is 7.44. The van der Waals surface area contributed by atoms with E-state index >= 15 is 0 Å². The van der Waals surface area contributed by atoms with Crippen molar-refractivity contribution in [1.82, 2.24) is 34.3 Å². The smallest absolute Gasteiger partial charge is 0.293 e. The molecule has 1 aromatic carbocycles. The fraction of sp³-hybridized carbons (Fsp3) is 0.143. The van der Waals surface area contributed by atoms with Gasteiger partial charge in [-0.1, -0.05) is 23.7 Å². The molecule has 0 spiro atoms. The predicted molar refractivity (Wildman–Crippen MR) is 119 cm³/mol. The van der Waals surface area contributed by atoms with Gasteiger partial charge < -0.3 is 5.32 Å². The van der Waals surface area contributed by atoms with Gasteiger partial charge in [-0.05, 0) is 38.1 Å². The average Bonchev–Trinajstić information content (AvgIpc) is 3.31. The Morgan fingerprint density at radius 1 is 1.10 bits per heavy atom. The normalized spacial score (nSPS) is 11.3. The lowest BCUT2D eigenvalue weighted by atomic mass is 10.2. The Hall–Kier alpha value is -3.85. The molecule has 0 aliphatic heterocycles. The Morgan fingerprint density at radius 3 is 2.77 bits per heavy atom. The summed E-state index contributed by atoms with van der Waals surface area (Å²) in [6.07, 6.45) is 3.35. The molecule has 5 rings (SSSR count). The third-order valence-electron chi connectivity index (χ3n) is 4.89. The second-order valence-electron chi connectivity index (χ2n) is 6.90. The number of hydrogen-bond donors (Lipinski definition) is 1. The van der Waals surface area contributed by atoms with Gasteiger partial charge in [-0.2, -0.15) is 9.61 Å². The summed E-state index contributed by atoms with van der Waals surface area (Å²) in [7, 11) is 0. The molecule has 4 aromatic heterocycles. The van der Waals surface area contributed by atoms with Crippen molar-refractivity contribution in [3.63, 3.8) is 0 Å². The molecular weight excluding hydrogens is 416 g/mol. The van der Waals surface area contributed by atoms with Gasteiger partial charge in [0.25, 0.3) is 5.56 Å². The highest BCUT2D eigenvalue weighted by molar-refractivity contribution is 6.35. The van der Waals surface area contributed by atoms with Crippen LogP contribution in [0.15, 0.2) is 53.6 Å². The molecule has 0 amide bonds. The minimum atomic E-state index is -0.417. The molecule has 4 heterocycles. The minimum Gasteiger partial charge on any atom is -0.319 e. The zero-order valence-corrected chi connectivity index (χ0v) is 17.5. The minimum absolute atomic E-state index is 0.261. The van der Waals surface area contributed by atoms with Gasteiger partial charge in [-0.3, -0.25) is 9.48 Å². The molecule has 0 saturated heterocycles. The van der Waals surface area contributed by atoms with Gasteiger partial charge in [-0.25, -0.2) is 15.0 Å². The molecule has 10 heteroatoms. The van der Waals surface area contributed by atoms with E-state index in [1.807, 2.05) is 36.9 Å². The SMILES string of the molecule is CCn1cc(-c2nc3c4cccc(Cl)c4nc(Nc4ccccnc4=O)n3n2)c(C)n1. The lowest BCUT2D eigenvalue weighted by molar-refractivity contribution is 0.653. The topological polar surface area (TPSA) is 103 Å². The zero-order valence-electron chi connectivity index (χ0n) is 16.7. The number of fused-ring (bicyclic) bond motifs is 3. The summed E-state index contributed by atoms with van der Waals surface area (Å²) in [5, 5.41) is 13.4. The molecule has 1 N–H and O–H groups in total. The van der Waals surface area contributed by atoms with Crippen LogP contribution in [0.2, 0.25) is 5.02 Å². The van der Waals surface area contributed by atoms with Crippen molar-refractivity contribution in [3.8, 4) is 11.4 Å². The Morgan fingerprint density at radius 2 is 1.97 bits per heavy atom. The first kappa shape index (κ1) is 19.1. The van der Waals surface area contributed by atoms with Gasteiger partial charge in [0.2, 0.25) is 5.95 Å². The Bertz CT molecular complexity index is 1510. The highest BCUT2D eigenvalue weighted by atomic mass is 35.5. The van der Waals surface area contributed by atoms with Crippen LogP contribution in [0.1, 0.15) is 12.6 Å². The van der Waals surface area contributed by atoms with Crippen molar-refractivity contribution in [1.29, 1.82) is 0 Å². The molecule has 0 saturated carbocycles. The molecule has 31 heavy (non-hydrogen) atoms. The summed E-state index contributed by atoms with van der Waals surface area (Å²) in [4.78, 5) is 25.6. The molecule has 0 radical (unpaired) electrons. The number of aryl methyl sites for hydroxylation is 2. The Labute approximate surface area is 181 Å². The monoisotopic (exact) mass is 432 g/mol. The highest BCUT2D eigenvalue weighted by Gasteiger charge is 2.19. The van der Waals surface area contributed by atoms with E-state index in [-0.39, 0.29) is 5.69 Å². The lowest BCUT2D eigenvalue weighted by Gasteiger charge is -2.08. The van der Waals surface area contributed by atoms with Crippen LogP contribution in [0.4, 0.5) is 11.6 Å². The molecule has 0 aliphatic carbocycles. The molecule has 0 bridgehead atoms. The maximum atomic E-state index is 12.3. The first-order chi connectivity index (χ1) is 15.0. The highest BCUT2D eigenvalue weighted by Crippen LogP contribution is 2.29. The molecule has 9 nitrogen and oxygen atoms in total. The van der Waals surface area contributed by atoms with E-state index in [4.69, 9.17) is 16.6 Å². The number of benzene rings is 1. The van der Waals surface area contributed by atoms with Crippen LogP contribution in [0.5, 0.6) is 0 Å². The number of nitrogens with zero attached hydrogens (tertiary/aromatic N) is 7.